The maximum absolute atomic E-state index is 13.4. The molecule has 0 saturated carbocycles. The Bertz CT molecular complexity index is 404. The van der Waals surface area contributed by atoms with Gasteiger partial charge in [0.2, 0.25) is 0 Å². The maximum Gasteiger partial charge on any atom is 0.303 e. The minimum atomic E-state index is -0.888. The highest BCUT2D eigenvalue weighted by Gasteiger charge is 2.12. The normalized spacial score (nSPS) is 12.8. The van der Waals surface area contributed by atoms with Gasteiger partial charge in [0.1, 0.15) is 5.82 Å². The van der Waals surface area contributed by atoms with E-state index in [4.69, 9.17) is 10.8 Å². The van der Waals surface area contributed by atoms with Crippen molar-refractivity contribution in [1.82, 2.24) is 0 Å². The van der Waals surface area contributed by atoms with Crippen molar-refractivity contribution >= 4 is 5.97 Å². The van der Waals surface area contributed by atoms with Gasteiger partial charge < -0.3 is 10.8 Å². The van der Waals surface area contributed by atoms with Crippen LogP contribution >= 0.6 is 0 Å². The molecular weight excluding hydrogens is 221 g/mol. The zero-order valence-electron chi connectivity index (χ0n) is 10.1. The van der Waals surface area contributed by atoms with E-state index in [9.17, 15) is 9.18 Å². The van der Waals surface area contributed by atoms with E-state index in [1.807, 2.05) is 19.9 Å². The molecule has 0 spiro atoms. The molecule has 1 rings (SSSR count). The van der Waals surface area contributed by atoms with Crippen LogP contribution < -0.4 is 5.73 Å². The average Bonchev–Trinajstić information content (AvgIpc) is 2.24. The molecule has 1 aromatic carbocycles. The fourth-order valence-corrected chi connectivity index (χ4v) is 1.63. The Balaban J connectivity index is 2.85. The molecule has 0 amide bonds. The molecule has 4 heteroatoms. The highest BCUT2D eigenvalue weighted by Crippen LogP contribution is 2.23. The van der Waals surface area contributed by atoms with Crippen LogP contribution in [0.15, 0.2) is 18.2 Å². The Morgan fingerprint density at radius 1 is 1.35 bits per heavy atom. The van der Waals surface area contributed by atoms with Crippen molar-refractivity contribution in [3.63, 3.8) is 0 Å². The molecule has 3 nitrogen and oxygen atoms in total. The van der Waals surface area contributed by atoms with Gasteiger partial charge in [-0.2, -0.15) is 0 Å². The summed E-state index contributed by atoms with van der Waals surface area (Å²) in [6.07, 6.45) is 0.311. The highest BCUT2D eigenvalue weighted by atomic mass is 19.1. The van der Waals surface area contributed by atoms with Crippen LogP contribution in [0, 0.1) is 5.82 Å². The molecule has 0 heterocycles. The standard InChI is InChI=1S/C13H18FNO2/c1-8(2)9-5-10(7-11(14)6-9)12(15)3-4-13(16)17/h5-8,12H,3-4,15H2,1-2H3,(H,16,17). The number of nitrogens with two attached hydrogens (primary N) is 1. The van der Waals surface area contributed by atoms with E-state index in [2.05, 4.69) is 0 Å². The first-order chi connectivity index (χ1) is 7.90. The van der Waals surface area contributed by atoms with E-state index in [1.54, 1.807) is 0 Å². The summed E-state index contributed by atoms with van der Waals surface area (Å²) in [7, 11) is 0. The molecule has 0 radical (unpaired) electrons. The van der Waals surface area contributed by atoms with Gasteiger partial charge in [-0.1, -0.05) is 19.9 Å². The van der Waals surface area contributed by atoms with Gasteiger partial charge in [-0.25, -0.2) is 4.39 Å². The summed E-state index contributed by atoms with van der Waals surface area (Å²) >= 11 is 0. The number of rotatable bonds is 5. The van der Waals surface area contributed by atoms with Gasteiger partial charge in [0.05, 0.1) is 0 Å². The topological polar surface area (TPSA) is 63.3 Å². The van der Waals surface area contributed by atoms with Crippen LogP contribution in [0.1, 0.15) is 49.8 Å². The van der Waals surface area contributed by atoms with Crippen molar-refractivity contribution in [2.24, 2.45) is 5.73 Å². The lowest BCUT2D eigenvalue weighted by atomic mass is 9.96. The predicted molar refractivity (Wildman–Crippen MR) is 64.3 cm³/mol. The molecule has 0 aliphatic heterocycles. The Labute approximate surface area is 100 Å². The molecule has 0 fully saturated rings. The first kappa shape index (κ1) is 13.6. The van der Waals surface area contributed by atoms with Gasteiger partial charge >= 0.3 is 5.97 Å². The Morgan fingerprint density at radius 3 is 2.47 bits per heavy atom. The van der Waals surface area contributed by atoms with Gasteiger partial charge in [-0.05, 0) is 35.6 Å². The van der Waals surface area contributed by atoms with Crippen molar-refractivity contribution in [1.29, 1.82) is 0 Å². The quantitative estimate of drug-likeness (QED) is 0.830. The lowest BCUT2D eigenvalue weighted by Crippen LogP contribution is -2.13. The van der Waals surface area contributed by atoms with Crippen molar-refractivity contribution in [2.75, 3.05) is 0 Å². The number of halogens is 1. The summed E-state index contributed by atoms with van der Waals surface area (Å²) in [6.45, 7) is 3.95. The van der Waals surface area contributed by atoms with Crippen LogP contribution in [0.25, 0.3) is 0 Å². The molecule has 1 aromatic rings. The first-order valence-corrected chi connectivity index (χ1v) is 5.68. The lowest BCUT2D eigenvalue weighted by molar-refractivity contribution is -0.137. The fraction of sp³-hybridized carbons (Fsp3) is 0.462. The monoisotopic (exact) mass is 239 g/mol. The average molecular weight is 239 g/mol. The summed E-state index contributed by atoms with van der Waals surface area (Å²) in [5, 5.41) is 8.58. The van der Waals surface area contributed by atoms with Crippen LogP contribution in [0.5, 0.6) is 0 Å². The Hall–Kier alpha value is -1.42. The van der Waals surface area contributed by atoms with E-state index in [1.165, 1.54) is 12.1 Å². The summed E-state index contributed by atoms with van der Waals surface area (Å²) < 4.78 is 13.4. The smallest absolute Gasteiger partial charge is 0.303 e. The molecule has 0 aromatic heterocycles. The second kappa shape index (κ2) is 5.77. The van der Waals surface area contributed by atoms with Crippen LogP contribution in [0.2, 0.25) is 0 Å². The van der Waals surface area contributed by atoms with Crippen LogP contribution in [0.3, 0.4) is 0 Å². The third-order valence-electron chi connectivity index (χ3n) is 2.71. The van der Waals surface area contributed by atoms with Gasteiger partial charge in [0, 0.05) is 12.5 Å². The number of aliphatic carboxylic acids is 1. The van der Waals surface area contributed by atoms with E-state index in [0.29, 0.717) is 12.0 Å². The van der Waals surface area contributed by atoms with Crippen LogP contribution in [-0.4, -0.2) is 11.1 Å². The zero-order valence-corrected chi connectivity index (χ0v) is 10.1. The molecule has 0 saturated heterocycles. The minimum absolute atomic E-state index is 0.00527. The number of carbonyl (C=O) groups is 1. The predicted octanol–water partition coefficient (Wildman–Crippen LogP) is 2.81. The van der Waals surface area contributed by atoms with E-state index < -0.39 is 12.0 Å². The van der Waals surface area contributed by atoms with Crippen LogP contribution in [0.4, 0.5) is 4.39 Å². The van der Waals surface area contributed by atoms with E-state index in [-0.39, 0.29) is 18.2 Å². The molecule has 0 aliphatic carbocycles. The van der Waals surface area contributed by atoms with Crippen molar-refractivity contribution in [3.05, 3.63) is 35.1 Å². The lowest BCUT2D eigenvalue weighted by Gasteiger charge is -2.14. The molecule has 17 heavy (non-hydrogen) atoms. The largest absolute Gasteiger partial charge is 0.481 e. The molecule has 0 bridgehead atoms. The number of hydrogen-bond donors (Lipinski definition) is 2. The van der Waals surface area contributed by atoms with Crippen LogP contribution in [-0.2, 0) is 4.79 Å². The SMILES string of the molecule is CC(C)c1cc(F)cc(C(N)CCC(=O)O)c1. The molecule has 1 unspecified atom stereocenters. The molecule has 94 valence electrons. The van der Waals surface area contributed by atoms with Gasteiger partial charge in [-0.15, -0.1) is 0 Å². The fourth-order valence-electron chi connectivity index (χ4n) is 1.63. The number of carboxylic acids is 1. The summed E-state index contributed by atoms with van der Waals surface area (Å²) in [5.74, 6) is -0.992. The van der Waals surface area contributed by atoms with Gasteiger partial charge in [-0.3, -0.25) is 4.79 Å². The van der Waals surface area contributed by atoms with Crippen molar-refractivity contribution in [2.45, 2.75) is 38.6 Å². The van der Waals surface area contributed by atoms with E-state index in [0.717, 1.165) is 5.56 Å². The third kappa shape index (κ3) is 4.15. The first-order valence-electron chi connectivity index (χ1n) is 5.68. The number of carboxylic acid groups (broad SMARTS) is 1. The van der Waals surface area contributed by atoms with Gasteiger partial charge in [0.15, 0.2) is 0 Å². The van der Waals surface area contributed by atoms with Crippen molar-refractivity contribution in [3.8, 4) is 0 Å². The second-order valence-corrected chi connectivity index (χ2v) is 4.51. The van der Waals surface area contributed by atoms with Crippen molar-refractivity contribution < 1.29 is 14.3 Å². The highest BCUT2D eigenvalue weighted by molar-refractivity contribution is 5.66. The minimum Gasteiger partial charge on any atom is -0.481 e. The second-order valence-electron chi connectivity index (χ2n) is 4.51. The molecule has 3 N–H and O–H groups in total. The summed E-state index contributed by atoms with van der Waals surface area (Å²) in [4.78, 5) is 10.4. The summed E-state index contributed by atoms with van der Waals surface area (Å²) in [6, 6.07) is 4.27. The number of benzene rings is 1. The third-order valence-corrected chi connectivity index (χ3v) is 2.71. The maximum atomic E-state index is 13.4. The Morgan fingerprint density at radius 2 is 1.94 bits per heavy atom. The van der Waals surface area contributed by atoms with Gasteiger partial charge in [0.25, 0.3) is 0 Å². The molecule has 1 atom stereocenters. The number of hydrogen-bond acceptors (Lipinski definition) is 2. The summed E-state index contributed by atoms with van der Waals surface area (Å²) in [5.41, 5.74) is 7.39. The molecule has 0 aliphatic rings. The van der Waals surface area contributed by atoms with E-state index >= 15 is 0 Å². The zero-order chi connectivity index (χ0) is 13.0. The molecular formula is C13H18FNO2. The Kier molecular flexibility index (Phi) is 4.63.